The van der Waals surface area contributed by atoms with Crippen molar-refractivity contribution < 1.29 is 9.59 Å². The zero-order chi connectivity index (χ0) is 17.0. The summed E-state index contributed by atoms with van der Waals surface area (Å²) < 4.78 is 0. The molecule has 6 heteroatoms. The maximum absolute atomic E-state index is 12.7. The average molecular weight is 354 g/mol. The fourth-order valence-electron chi connectivity index (χ4n) is 3.17. The van der Waals surface area contributed by atoms with Crippen LogP contribution in [0.3, 0.4) is 0 Å². The van der Waals surface area contributed by atoms with Crippen LogP contribution in [-0.2, 0) is 4.79 Å². The predicted octanol–water partition coefficient (Wildman–Crippen LogP) is 3.01. The molecule has 0 radical (unpaired) electrons. The minimum Gasteiger partial charge on any atom is -0.352 e. The van der Waals surface area contributed by atoms with Gasteiger partial charge in [-0.15, -0.1) is 12.4 Å². The first-order valence-corrected chi connectivity index (χ1v) is 8.33. The number of aryl methyl sites for hydroxylation is 1. The molecule has 134 valence electrons. The van der Waals surface area contributed by atoms with E-state index in [0.717, 1.165) is 31.2 Å². The van der Waals surface area contributed by atoms with Crippen LogP contribution >= 0.6 is 12.4 Å². The van der Waals surface area contributed by atoms with Crippen LogP contribution in [0.2, 0.25) is 0 Å². The van der Waals surface area contributed by atoms with Gasteiger partial charge in [-0.3, -0.25) is 9.59 Å². The summed E-state index contributed by atoms with van der Waals surface area (Å²) in [5, 5.41) is 5.74. The van der Waals surface area contributed by atoms with E-state index in [1.807, 2.05) is 26.8 Å². The van der Waals surface area contributed by atoms with Crippen LogP contribution < -0.4 is 16.4 Å². The van der Waals surface area contributed by atoms with E-state index in [9.17, 15) is 9.59 Å². The summed E-state index contributed by atoms with van der Waals surface area (Å²) in [4.78, 5) is 24.6. The van der Waals surface area contributed by atoms with Crippen molar-refractivity contribution in [3.63, 3.8) is 0 Å². The van der Waals surface area contributed by atoms with E-state index in [1.54, 1.807) is 12.1 Å². The number of benzene rings is 1. The van der Waals surface area contributed by atoms with Gasteiger partial charge in [0.25, 0.3) is 5.91 Å². The first kappa shape index (κ1) is 20.5. The van der Waals surface area contributed by atoms with Gasteiger partial charge in [0.2, 0.25) is 5.91 Å². The molecule has 4 N–H and O–H groups in total. The third kappa shape index (κ3) is 4.71. The van der Waals surface area contributed by atoms with Crippen LogP contribution in [0.4, 0.5) is 5.69 Å². The van der Waals surface area contributed by atoms with Crippen molar-refractivity contribution in [3.05, 3.63) is 29.3 Å². The average Bonchev–Trinajstić information content (AvgIpc) is 2.49. The van der Waals surface area contributed by atoms with Crippen molar-refractivity contribution in [2.75, 3.05) is 11.9 Å². The van der Waals surface area contributed by atoms with Crippen molar-refractivity contribution in [1.29, 1.82) is 0 Å². The second-order valence-corrected chi connectivity index (χ2v) is 6.68. The lowest BCUT2D eigenvalue weighted by Gasteiger charge is -2.37. The van der Waals surface area contributed by atoms with E-state index in [2.05, 4.69) is 10.6 Å². The van der Waals surface area contributed by atoms with Gasteiger partial charge in [0.15, 0.2) is 0 Å². The van der Waals surface area contributed by atoms with Crippen molar-refractivity contribution in [2.24, 2.45) is 11.7 Å². The minimum absolute atomic E-state index is 0. The molecule has 2 unspecified atom stereocenters. The van der Waals surface area contributed by atoms with E-state index in [0.29, 0.717) is 17.8 Å². The standard InChI is InChI=1S/C18H27N3O2.ClH/c1-4-20-16(22)13-9-8-12(2)15(11-13)21-17(23)14-7-5-6-10-18(14,3)19;/h8-9,11,14H,4-7,10,19H2,1-3H3,(H,20,22)(H,21,23);1H. The minimum atomic E-state index is -0.465. The molecule has 2 atom stereocenters. The van der Waals surface area contributed by atoms with Gasteiger partial charge in [-0.25, -0.2) is 0 Å². The van der Waals surface area contributed by atoms with Crippen LogP contribution in [0.15, 0.2) is 18.2 Å². The van der Waals surface area contributed by atoms with E-state index < -0.39 is 5.54 Å². The number of rotatable bonds is 4. The molecule has 0 bridgehead atoms. The molecule has 2 rings (SSSR count). The normalized spacial score (nSPS) is 23.1. The van der Waals surface area contributed by atoms with Crippen LogP contribution in [-0.4, -0.2) is 23.9 Å². The maximum atomic E-state index is 12.7. The molecule has 24 heavy (non-hydrogen) atoms. The van der Waals surface area contributed by atoms with E-state index in [1.165, 1.54) is 0 Å². The second-order valence-electron chi connectivity index (χ2n) is 6.68. The summed E-state index contributed by atoms with van der Waals surface area (Å²) in [7, 11) is 0. The highest BCUT2D eigenvalue weighted by Gasteiger charge is 2.37. The van der Waals surface area contributed by atoms with Gasteiger partial charge in [0.05, 0.1) is 5.92 Å². The Morgan fingerprint density at radius 3 is 2.67 bits per heavy atom. The Hall–Kier alpha value is -1.59. The number of carbonyl (C=O) groups is 2. The number of carbonyl (C=O) groups excluding carboxylic acids is 2. The number of nitrogens with two attached hydrogens (primary N) is 1. The fourth-order valence-corrected chi connectivity index (χ4v) is 3.17. The summed E-state index contributed by atoms with van der Waals surface area (Å²) in [6, 6.07) is 5.35. The second kappa shape index (κ2) is 8.49. The molecule has 5 nitrogen and oxygen atoms in total. The van der Waals surface area contributed by atoms with Crippen molar-refractivity contribution >= 4 is 29.9 Å². The maximum Gasteiger partial charge on any atom is 0.251 e. The molecule has 1 aliphatic carbocycles. The van der Waals surface area contributed by atoms with E-state index in [-0.39, 0.29) is 30.1 Å². The molecule has 0 heterocycles. The van der Waals surface area contributed by atoms with Crippen LogP contribution in [0, 0.1) is 12.8 Å². The molecule has 1 aromatic rings. The first-order chi connectivity index (χ1) is 10.8. The van der Waals surface area contributed by atoms with E-state index >= 15 is 0 Å². The number of halogens is 1. The van der Waals surface area contributed by atoms with Crippen LogP contribution in [0.5, 0.6) is 0 Å². The van der Waals surface area contributed by atoms with Gasteiger partial charge in [0, 0.05) is 23.3 Å². The third-order valence-electron chi connectivity index (χ3n) is 4.67. The number of amides is 2. The molecule has 1 aliphatic rings. The number of anilines is 1. The lowest BCUT2D eigenvalue weighted by atomic mass is 9.74. The molecule has 0 saturated heterocycles. The molecular formula is C18H28ClN3O2. The molecule has 1 aromatic carbocycles. The molecule has 0 aliphatic heterocycles. The Morgan fingerprint density at radius 1 is 1.33 bits per heavy atom. The van der Waals surface area contributed by atoms with Gasteiger partial charge in [-0.2, -0.15) is 0 Å². The molecular weight excluding hydrogens is 326 g/mol. The van der Waals surface area contributed by atoms with Gasteiger partial charge < -0.3 is 16.4 Å². The van der Waals surface area contributed by atoms with Crippen LogP contribution in [0.1, 0.15) is 55.5 Å². The van der Waals surface area contributed by atoms with E-state index in [4.69, 9.17) is 5.73 Å². The largest absolute Gasteiger partial charge is 0.352 e. The summed E-state index contributed by atoms with van der Waals surface area (Å²) in [5.41, 5.74) is 8.00. The predicted molar refractivity (Wildman–Crippen MR) is 99.6 cm³/mol. The van der Waals surface area contributed by atoms with Gasteiger partial charge in [-0.05, 0) is 51.3 Å². The Morgan fingerprint density at radius 2 is 2.04 bits per heavy atom. The molecule has 0 spiro atoms. The Kier molecular flexibility index (Phi) is 7.24. The Bertz CT molecular complexity index is 602. The summed E-state index contributed by atoms with van der Waals surface area (Å²) >= 11 is 0. The summed E-state index contributed by atoms with van der Waals surface area (Å²) in [6.45, 7) is 6.32. The monoisotopic (exact) mass is 353 g/mol. The topological polar surface area (TPSA) is 84.2 Å². The van der Waals surface area contributed by atoms with Gasteiger partial charge >= 0.3 is 0 Å². The highest BCUT2D eigenvalue weighted by atomic mass is 35.5. The number of nitrogens with one attached hydrogen (secondary N) is 2. The lowest BCUT2D eigenvalue weighted by Crippen LogP contribution is -2.51. The molecule has 1 saturated carbocycles. The highest BCUT2D eigenvalue weighted by Crippen LogP contribution is 2.32. The quantitative estimate of drug-likeness (QED) is 0.777. The zero-order valence-corrected chi connectivity index (χ0v) is 15.5. The summed E-state index contributed by atoms with van der Waals surface area (Å²) in [5.74, 6) is -0.376. The Labute approximate surface area is 150 Å². The number of hydrogen-bond acceptors (Lipinski definition) is 3. The van der Waals surface area contributed by atoms with Crippen molar-refractivity contribution in [2.45, 2.75) is 52.0 Å². The third-order valence-corrected chi connectivity index (χ3v) is 4.67. The Balaban J connectivity index is 0.00000288. The highest BCUT2D eigenvalue weighted by molar-refractivity contribution is 5.98. The van der Waals surface area contributed by atoms with Gasteiger partial charge in [-0.1, -0.05) is 18.9 Å². The first-order valence-electron chi connectivity index (χ1n) is 8.33. The SMILES string of the molecule is CCNC(=O)c1ccc(C)c(NC(=O)C2CCCCC2(C)N)c1.Cl. The zero-order valence-electron chi connectivity index (χ0n) is 14.6. The number of hydrogen-bond donors (Lipinski definition) is 3. The van der Waals surface area contributed by atoms with Crippen LogP contribution in [0.25, 0.3) is 0 Å². The lowest BCUT2D eigenvalue weighted by molar-refractivity contribution is -0.122. The molecule has 2 amide bonds. The van der Waals surface area contributed by atoms with Crippen molar-refractivity contribution in [1.82, 2.24) is 5.32 Å². The molecule has 1 fully saturated rings. The fraction of sp³-hybridized carbons (Fsp3) is 0.556. The van der Waals surface area contributed by atoms with Crippen molar-refractivity contribution in [3.8, 4) is 0 Å². The summed E-state index contributed by atoms with van der Waals surface area (Å²) in [6.07, 6.45) is 3.78. The van der Waals surface area contributed by atoms with Gasteiger partial charge in [0.1, 0.15) is 0 Å². The molecule has 0 aromatic heterocycles. The smallest absolute Gasteiger partial charge is 0.251 e.